The molecule has 0 bridgehead atoms. The predicted octanol–water partition coefficient (Wildman–Crippen LogP) is 5.14. The molecule has 0 radical (unpaired) electrons. The van der Waals surface area contributed by atoms with Gasteiger partial charge in [0.25, 0.3) is 0 Å². The Morgan fingerprint density at radius 3 is 2.23 bits per heavy atom. The molecule has 2 aromatic rings. The lowest BCUT2D eigenvalue weighted by atomic mass is 9.82. The fourth-order valence-corrected chi connectivity index (χ4v) is 5.33. The highest BCUT2D eigenvalue weighted by molar-refractivity contribution is 5.71. The molecule has 1 N–H and O–H groups in total. The zero-order valence-corrected chi connectivity index (χ0v) is 18.1. The van der Waals surface area contributed by atoms with Crippen molar-refractivity contribution in [2.24, 2.45) is 11.8 Å². The summed E-state index contributed by atoms with van der Waals surface area (Å²) in [4.78, 5) is 16.6. The third kappa shape index (κ3) is 4.54. The number of likely N-dealkylation sites (tertiary alicyclic amines) is 1. The predicted molar refractivity (Wildman–Crippen MR) is 122 cm³/mol. The van der Waals surface area contributed by atoms with Gasteiger partial charge >= 0.3 is 5.97 Å². The van der Waals surface area contributed by atoms with E-state index in [0.29, 0.717) is 12.5 Å². The molecule has 1 saturated heterocycles. The first-order valence-electron chi connectivity index (χ1n) is 11.6. The molecule has 2 unspecified atom stereocenters. The Balaban J connectivity index is 1.44. The van der Waals surface area contributed by atoms with Gasteiger partial charge in [-0.05, 0) is 74.4 Å². The molecule has 160 valence electrons. The average Bonchev–Trinajstić information content (AvgIpc) is 2.92. The highest BCUT2D eigenvalue weighted by Crippen LogP contribution is 2.36. The van der Waals surface area contributed by atoms with Crippen molar-refractivity contribution in [3.05, 3.63) is 59.7 Å². The Labute approximate surface area is 180 Å². The van der Waals surface area contributed by atoms with Gasteiger partial charge in [-0.25, -0.2) is 0 Å². The van der Waals surface area contributed by atoms with Gasteiger partial charge in [-0.1, -0.05) is 49.7 Å². The number of carbonyl (C=O) groups is 1. The van der Waals surface area contributed by atoms with E-state index in [1.54, 1.807) is 0 Å². The molecule has 0 aliphatic carbocycles. The third-order valence-electron chi connectivity index (χ3n) is 6.90. The molecule has 2 atom stereocenters. The Morgan fingerprint density at radius 1 is 1.00 bits per heavy atom. The standard InChI is InChI=1S/C26H34N2O2/c1-2-8-20-15-18-27(19-23(20)26(29)30)16-7-17-28-24-11-5-3-9-21(24)13-14-22-10-4-6-12-25(22)28/h3-6,9-12,20,23H,2,7-8,13-19H2,1H3,(H,29,30). The number of carboxylic acids is 1. The smallest absolute Gasteiger partial charge is 0.308 e. The Bertz CT molecular complexity index is 818. The third-order valence-corrected chi connectivity index (χ3v) is 6.90. The van der Waals surface area contributed by atoms with E-state index in [2.05, 4.69) is 65.3 Å². The second-order valence-corrected chi connectivity index (χ2v) is 8.85. The molecule has 0 aromatic heterocycles. The Kier molecular flexibility index (Phi) is 6.73. The number of nitrogens with zero attached hydrogens (tertiary/aromatic N) is 2. The van der Waals surface area contributed by atoms with E-state index in [1.165, 1.54) is 22.5 Å². The van der Waals surface area contributed by atoms with Crippen molar-refractivity contribution in [3.63, 3.8) is 0 Å². The minimum Gasteiger partial charge on any atom is -0.481 e. The molecule has 4 rings (SSSR count). The lowest BCUT2D eigenvalue weighted by Crippen LogP contribution is -2.44. The van der Waals surface area contributed by atoms with Gasteiger partial charge in [0.05, 0.1) is 5.92 Å². The van der Waals surface area contributed by atoms with Crippen LogP contribution in [0.1, 0.15) is 43.7 Å². The molecule has 4 heteroatoms. The van der Waals surface area contributed by atoms with Crippen molar-refractivity contribution in [2.45, 2.75) is 45.4 Å². The van der Waals surface area contributed by atoms with Gasteiger partial charge in [-0.15, -0.1) is 0 Å². The number of benzene rings is 2. The van der Waals surface area contributed by atoms with Gasteiger partial charge in [-0.2, -0.15) is 0 Å². The first-order chi connectivity index (χ1) is 14.7. The van der Waals surface area contributed by atoms with E-state index < -0.39 is 5.97 Å². The summed E-state index contributed by atoms with van der Waals surface area (Å²) in [7, 11) is 0. The van der Waals surface area contributed by atoms with E-state index in [4.69, 9.17) is 0 Å². The molecule has 2 heterocycles. The summed E-state index contributed by atoms with van der Waals surface area (Å²) in [5.74, 6) is -0.486. The van der Waals surface area contributed by atoms with E-state index in [1.807, 2.05) is 0 Å². The number of anilines is 2. The SMILES string of the molecule is CCCC1CCN(CCCN2c3ccccc3CCc3ccccc32)CC1C(=O)O. The zero-order chi connectivity index (χ0) is 20.9. The number of carboxylic acid groups (broad SMARTS) is 1. The van der Waals surface area contributed by atoms with Crippen molar-refractivity contribution in [1.82, 2.24) is 4.90 Å². The zero-order valence-electron chi connectivity index (χ0n) is 18.1. The second-order valence-electron chi connectivity index (χ2n) is 8.85. The van der Waals surface area contributed by atoms with Gasteiger partial charge in [0.15, 0.2) is 0 Å². The number of fused-ring (bicyclic) bond motifs is 2. The van der Waals surface area contributed by atoms with Gasteiger partial charge in [0.2, 0.25) is 0 Å². The molecular weight excluding hydrogens is 372 g/mol. The summed E-state index contributed by atoms with van der Waals surface area (Å²) in [6.45, 7) is 5.81. The van der Waals surface area contributed by atoms with Crippen molar-refractivity contribution in [3.8, 4) is 0 Å². The molecule has 4 nitrogen and oxygen atoms in total. The number of piperidine rings is 1. The van der Waals surface area contributed by atoms with E-state index >= 15 is 0 Å². The summed E-state index contributed by atoms with van der Waals surface area (Å²) < 4.78 is 0. The molecule has 0 spiro atoms. The maximum Gasteiger partial charge on any atom is 0.308 e. The number of aryl methyl sites for hydroxylation is 2. The fourth-order valence-electron chi connectivity index (χ4n) is 5.33. The van der Waals surface area contributed by atoms with Crippen LogP contribution in [0.5, 0.6) is 0 Å². The monoisotopic (exact) mass is 406 g/mol. The first-order valence-corrected chi connectivity index (χ1v) is 11.6. The highest BCUT2D eigenvalue weighted by atomic mass is 16.4. The van der Waals surface area contributed by atoms with Gasteiger partial charge < -0.3 is 14.9 Å². The van der Waals surface area contributed by atoms with Gasteiger partial charge in [0.1, 0.15) is 0 Å². The Morgan fingerprint density at radius 2 is 1.63 bits per heavy atom. The minimum atomic E-state index is -0.617. The quantitative estimate of drug-likeness (QED) is 0.692. The summed E-state index contributed by atoms with van der Waals surface area (Å²) >= 11 is 0. The minimum absolute atomic E-state index is 0.210. The van der Waals surface area contributed by atoms with Crippen LogP contribution in [0.3, 0.4) is 0 Å². The van der Waals surface area contributed by atoms with Crippen LogP contribution in [-0.4, -0.2) is 42.2 Å². The number of hydrogen-bond acceptors (Lipinski definition) is 3. The maximum absolute atomic E-state index is 11.8. The van der Waals surface area contributed by atoms with Crippen molar-refractivity contribution < 1.29 is 9.90 Å². The number of aliphatic carboxylic acids is 1. The average molecular weight is 407 g/mol. The topological polar surface area (TPSA) is 43.8 Å². The number of hydrogen-bond donors (Lipinski definition) is 1. The summed E-state index contributed by atoms with van der Waals surface area (Å²) in [6.07, 6.45) is 6.31. The molecule has 0 saturated carbocycles. The van der Waals surface area contributed by atoms with Crippen LogP contribution >= 0.6 is 0 Å². The van der Waals surface area contributed by atoms with Crippen LogP contribution in [0.15, 0.2) is 48.5 Å². The molecule has 2 aliphatic heterocycles. The molecule has 30 heavy (non-hydrogen) atoms. The van der Waals surface area contributed by atoms with Crippen LogP contribution in [0.4, 0.5) is 11.4 Å². The summed E-state index contributed by atoms with van der Waals surface area (Å²) in [6, 6.07) is 17.5. The molecular formula is C26H34N2O2. The maximum atomic E-state index is 11.8. The lowest BCUT2D eigenvalue weighted by molar-refractivity contribution is -0.146. The van der Waals surface area contributed by atoms with Crippen LogP contribution in [-0.2, 0) is 17.6 Å². The fraction of sp³-hybridized carbons (Fsp3) is 0.500. The van der Waals surface area contributed by atoms with Crippen molar-refractivity contribution in [2.75, 3.05) is 31.1 Å². The van der Waals surface area contributed by atoms with Crippen molar-refractivity contribution in [1.29, 1.82) is 0 Å². The second kappa shape index (κ2) is 9.65. The van der Waals surface area contributed by atoms with E-state index in [0.717, 1.165) is 58.2 Å². The number of para-hydroxylation sites is 2. The summed E-state index contributed by atoms with van der Waals surface area (Å²) in [5.41, 5.74) is 5.49. The van der Waals surface area contributed by atoms with Gasteiger partial charge in [-0.3, -0.25) is 4.79 Å². The molecule has 2 aromatic carbocycles. The van der Waals surface area contributed by atoms with E-state index in [-0.39, 0.29) is 5.92 Å². The molecule has 1 fully saturated rings. The van der Waals surface area contributed by atoms with Crippen LogP contribution in [0, 0.1) is 11.8 Å². The Hall–Kier alpha value is -2.33. The number of rotatable bonds is 7. The first kappa shape index (κ1) is 20.9. The summed E-state index contributed by atoms with van der Waals surface area (Å²) in [5, 5.41) is 9.70. The van der Waals surface area contributed by atoms with Gasteiger partial charge in [0, 0.05) is 24.5 Å². The molecule has 0 amide bonds. The van der Waals surface area contributed by atoms with Crippen molar-refractivity contribution >= 4 is 17.3 Å². The van der Waals surface area contributed by atoms with Crippen LogP contribution < -0.4 is 4.90 Å². The molecule has 2 aliphatic rings. The normalized spacial score (nSPS) is 21.6. The largest absolute Gasteiger partial charge is 0.481 e. The highest BCUT2D eigenvalue weighted by Gasteiger charge is 2.33. The van der Waals surface area contributed by atoms with Crippen LogP contribution in [0.25, 0.3) is 0 Å². The lowest BCUT2D eigenvalue weighted by Gasteiger charge is -2.37. The van der Waals surface area contributed by atoms with E-state index in [9.17, 15) is 9.90 Å². The van der Waals surface area contributed by atoms with Crippen LogP contribution in [0.2, 0.25) is 0 Å².